The van der Waals surface area contributed by atoms with Crippen LogP contribution in [0.1, 0.15) is 16.7 Å². The Balaban J connectivity index is 1.96. The average molecular weight is 248 g/mol. The summed E-state index contributed by atoms with van der Waals surface area (Å²) in [5.41, 5.74) is 3.91. The minimum absolute atomic E-state index is 1.03. The third-order valence-corrected chi connectivity index (χ3v) is 3.65. The van der Waals surface area contributed by atoms with Crippen molar-refractivity contribution in [1.29, 1.82) is 0 Å². The van der Waals surface area contributed by atoms with E-state index in [1.807, 2.05) is 0 Å². The van der Waals surface area contributed by atoms with Crippen LogP contribution >= 0.6 is 0 Å². The second-order valence-corrected chi connectivity index (χ2v) is 5.10. The number of aryl methyl sites for hydroxylation is 2. The van der Waals surface area contributed by atoms with Gasteiger partial charge in [-0.25, -0.2) is 0 Å². The number of hydrogen-bond donors (Lipinski definition) is 1. The molecule has 0 bridgehead atoms. The maximum Gasteiger partial charge on any atom is 0.124 e. The molecule has 2 rings (SSSR count). The zero-order valence-electron chi connectivity index (χ0n) is 11.8. The van der Waals surface area contributed by atoms with Crippen molar-refractivity contribution in [2.75, 3.05) is 39.8 Å². The summed E-state index contributed by atoms with van der Waals surface area (Å²) in [4.78, 5) is 2.53. The number of benzene rings is 1. The van der Waals surface area contributed by atoms with Crippen molar-refractivity contribution < 1.29 is 4.74 Å². The normalized spacial score (nSPS) is 16.8. The van der Waals surface area contributed by atoms with Gasteiger partial charge in [0.2, 0.25) is 0 Å². The molecule has 0 atom stereocenters. The van der Waals surface area contributed by atoms with Crippen molar-refractivity contribution in [2.24, 2.45) is 0 Å². The highest BCUT2D eigenvalue weighted by atomic mass is 16.5. The van der Waals surface area contributed by atoms with Crippen LogP contribution in [0.4, 0.5) is 0 Å². The number of nitrogens with zero attached hydrogens (tertiary/aromatic N) is 1. The fourth-order valence-electron chi connectivity index (χ4n) is 2.73. The Kier molecular flexibility index (Phi) is 4.61. The molecule has 0 radical (unpaired) electrons. The number of rotatable bonds is 4. The molecule has 3 heteroatoms. The Morgan fingerprint density at radius 3 is 2.33 bits per heavy atom. The molecule has 18 heavy (non-hydrogen) atoms. The summed E-state index contributed by atoms with van der Waals surface area (Å²) < 4.78 is 5.41. The Hall–Kier alpha value is -1.06. The zero-order chi connectivity index (χ0) is 13.0. The summed E-state index contributed by atoms with van der Waals surface area (Å²) in [6, 6.07) is 4.52. The van der Waals surface area contributed by atoms with Crippen molar-refractivity contribution in [3.8, 4) is 5.75 Å². The van der Waals surface area contributed by atoms with Crippen LogP contribution < -0.4 is 10.1 Å². The summed E-state index contributed by atoms with van der Waals surface area (Å²) >= 11 is 0. The third kappa shape index (κ3) is 3.24. The molecule has 1 N–H and O–H groups in total. The second-order valence-electron chi connectivity index (χ2n) is 5.10. The quantitative estimate of drug-likeness (QED) is 0.879. The molecule has 0 spiro atoms. The van der Waals surface area contributed by atoms with E-state index in [1.54, 1.807) is 7.11 Å². The van der Waals surface area contributed by atoms with Gasteiger partial charge in [0.05, 0.1) is 7.11 Å². The molecule has 1 aromatic rings. The first-order chi connectivity index (χ1) is 8.70. The van der Waals surface area contributed by atoms with Crippen LogP contribution in [0.25, 0.3) is 0 Å². The molecule has 1 fully saturated rings. The molecule has 1 aromatic carbocycles. The lowest BCUT2D eigenvalue weighted by molar-refractivity contribution is 0.244. The van der Waals surface area contributed by atoms with Crippen LogP contribution in [0, 0.1) is 13.8 Å². The molecule has 1 saturated heterocycles. The van der Waals surface area contributed by atoms with Crippen molar-refractivity contribution in [2.45, 2.75) is 20.3 Å². The van der Waals surface area contributed by atoms with Gasteiger partial charge in [0.1, 0.15) is 5.75 Å². The van der Waals surface area contributed by atoms with E-state index in [0.29, 0.717) is 0 Å². The topological polar surface area (TPSA) is 24.5 Å². The molecule has 0 aromatic heterocycles. The molecule has 3 nitrogen and oxygen atoms in total. The minimum atomic E-state index is 1.03. The molecule has 0 unspecified atom stereocenters. The van der Waals surface area contributed by atoms with E-state index in [9.17, 15) is 0 Å². The molecule has 1 heterocycles. The van der Waals surface area contributed by atoms with E-state index in [-0.39, 0.29) is 0 Å². The maximum absolute atomic E-state index is 5.41. The number of nitrogens with one attached hydrogen (secondary N) is 1. The van der Waals surface area contributed by atoms with Crippen LogP contribution in [0.5, 0.6) is 5.75 Å². The van der Waals surface area contributed by atoms with Gasteiger partial charge >= 0.3 is 0 Å². The number of piperazine rings is 1. The summed E-state index contributed by atoms with van der Waals surface area (Å²) in [5, 5.41) is 3.39. The Labute approximate surface area is 110 Å². The molecule has 100 valence electrons. The van der Waals surface area contributed by atoms with E-state index in [2.05, 4.69) is 36.2 Å². The Bertz CT molecular complexity index is 374. The number of hydrogen-bond acceptors (Lipinski definition) is 3. The van der Waals surface area contributed by atoms with Gasteiger partial charge in [-0.15, -0.1) is 0 Å². The molecule has 0 saturated carbocycles. The van der Waals surface area contributed by atoms with Gasteiger partial charge in [0.25, 0.3) is 0 Å². The van der Waals surface area contributed by atoms with E-state index in [4.69, 9.17) is 4.74 Å². The first-order valence-electron chi connectivity index (χ1n) is 6.78. The lowest BCUT2D eigenvalue weighted by Crippen LogP contribution is -2.44. The molecule has 1 aliphatic rings. The van der Waals surface area contributed by atoms with E-state index >= 15 is 0 Å². The second kappa shape index (κ2) is 6.21. The fourth-order valence-corrected chi connectivity index (χ4v) is 2.73. The first kappa shape index (κ1) is 13.4. The molecule has 0 amide bonds. The van der Waals surface area contributed by atoms with Gasteiger partial charge < -0.3 is 15.0 Å². The van der Waals surface area contributed by atoms with Crippen LogP contribution in [0.2, 0.25) is 0 Å². The number of methoxy groups -OCH3 is 1. The van der Waals surface area contributed by atoms with Crippen molar-refractivity contribution in [3.05, 3.63) is 28.8 Å². The lowest BCUT2D eigenvalue weighted by atomic mass is 10.0. The molecule has 0 aliphatic carbocycles. The van der Waals surface area contributed by atoms with Gasteiger partial charge in [0.15, 0.2) is 0 Å². The summed E-state index contributed by atoms with van der Waals surface area (Å²) in [6.07, 6.45) is 1.13. The monoisotopic (exact) mass is 248 g/mol. The standard InChI is InChI=1S/C15H24N2O/c1-12-10-14(11-13(2)15(12)18-3)4-7-17-8-5-16-6-9-17/h10-11,16H,4-9H2,1-3H3. The lowest BCUT2D eigenvalue weighted by Gasteiger charge is -2.27. The van der Waals surface area contributed by atoms with Crippen molar-refractivity contribution in [1.82, 2.24) is 10.2 Å². The summed E-state index contributed by atoms with van der Waals surface area (Å²) in [5.74, 6) is 1.03. The highest BCUT2D eigenvalue weighted by molar-refractivity contribution is 5.43. The van der Waals surface area contributed by atoms with Gasteiger partial charge in [-0.05, 0) is 37.0 Å². The van der Waals surface area contributed by atoms with Crippen LogP contribution in [0.15, 0.2) is 12.1 Å². The maximum atomic E-state index is 5.41. The molecular formula is C15H24N2O. The fraction of sp³-hybridized carbons (Fsp3) is 0.600. The SMILES string of the molecule is COc1c(C)cc(CCN2CCNCC2)cc1C. The van der Waals surface area contributed by atoms with E-state index in [1.165, 1.54) is 29.8 Å². The van der Waals surface area contributed by atoms with Crippen molar-refractivity contribution >= 4 is 0 Å². The summed E-state index contributed by atoms with van der Waals surface area (Å²) in [7, 11) is 1.75. The van der Waals surface area contributed by atoms with E-state index < -0.39 is 0 Å². The van der Waals surface area contributed by atoms with Crippen molar-refractivity contribution in [3.63, 3.8) is 0 Å². The zero-order valence-corrected chi connectivity index (χ0v) is 11.8. The average Bonchev–Trinajstić information content (AvgIpc) is 2.37. The van der Waals surface area contributed by atoms with Gasteiger partial charge in [-0.2, -0.15) is 0 Å². The highest BCUT2D eigenvalue weighted by Crippen LogP contribution is 2.24. The predicted octanol–water partition coefficient (Wildman–Crippen LogP) is 1.76. The van der Waals surface area contributed by atoms with Crippen LogP contribution in [0.3, 0.4) is 0 Å². The van der Waals surface area contributed by atoms with Gasteiger partial charge in [-0.3, -0.25) is 0 Å². The minimum Gasteiger partial charge on any atom is -0.496 e. The molecular weight excluding hydrogens is 224 g/mol. The Morgan fingerprint density at radius 1 is 1.17 bits per heavy atom. The molecule has 1 aliphatic heterocycles. The number of ether oxygens (including phenoxy) is 1. The van der Waals surface area contributed by atoms with Gasteiger partial charge in [0, 0.05) is 32.7 Å². The predicted molar refractivity (Wildman–Crippen MR) is 75.5 cm³/mol. The van der Waals surface area contributed by atoms with Crippen LogP contribution in [-0.2, 0) is 6.42 Å². The largest absolute Gasteiger partial charge is 0.496 e. The first-order valence-corrected chi connectivity index (χ1v) is 6.78. The third-order valence-electron chi connectivity index (χ3n) is 3.65. The Morgan fingerprint density at radius 2 is 1.78 bits per heavy atom. The summed E-state index contributed by atoms with van der Waals surface area (Å²) in [6.45, 7) is 10.0. The van der Waals surface area contributed by atoms with Crippen LogP contribution in [-0.4, -0.2) is 44.7 Å². The smallest absolute Gasteiger partial charge is 0.124 e. The highest BCUT2D eigenvalue weighted by Gasteiger charge is 2.10. The van der Waals surface area contributed by atoms with Gasteiger partial charge in [-0.1, -0.05) is 12.1 Å². The van der Waals surface area contributed by atoms with E-state index in [0.717, 1.165) is 31.8 Å².